The number of hydrogen-bond acceptors (Lipinski definition) is 4. The van der Waals surface area contributed by atoms with Crippen molar-refractivity contribution in [2.75, 3.05) is 26.9 Å². The van der Waals surface area contributed by atoms with Crippen LogP contribution in [0, 0.1) is 0 Å². The number of benzene rings is 1. The van der Waals surface area contributed by atoms with E-state index in [-0.39, 0.29) is 6.61 Å². The van der Waals surface area contributed by atoms with Crippen molar-refractivity contribution < 1.29 is 14.6 Å². The molecule has 2 N–H and O–H groups in total. The monoisotopic (exact) mass is 315 g/mol. The maximum atomic E-state index is 8.72. The molecule has 1 aromatic rings. The number of aliphatic hydroxyl groups excluding tert-OH is 1. The molecular formula is C16H26ClNO3. The molecule has 5 heteroatoms. The van der Waals surface area contributed by atoms with Crippen LogP contribution in [0.2, 0.25) is 5.02 Å². The van der Waals surface area contributed by atoms with Gasteiger partial charge in [-0.2, -0.15) is 0 Å². The molecule has 0 fully saturated rings. The molecule has 1 aromatic carbocycles. The van der Waals surface area contributed by atoms with Gasteiger partial charge in [0.15, 0.2) is 11.5 Å². The first-order valence-corrected chi connectivity index (χ1v) is 7.91. The Morgan fingerprint density at radius 2 is 2.00 bits per heavy atom. The predicted octanol–water partition coefficient (Wildman–Crippen LogP) is 3.39. The average Bonchev–Trinajstić information content (AvgIpc) is 2.50. The summed E-state index contributed by atoms with van der Waals surface area (Å²) in [5.41, 5.74) is 1.000. The molecule has 0 atom stereocenters. The van der Waals surface area contributed by atoms with E-state index in [2.05, 4.69) is 12.2 Å². The lowest BCUT2D eigenvalue weighted by Gasteiger charge is -2.14. The minimum atomic E-state index is 0.266. The lowest BCUT2D eigenvalue weighted by Crippen LogP contribution is -2.15. The fraction of sp³-hybridized carbons (Fsp3) is 0.625. The van der Waals surface area contributed by atoms with Crippen LogP contribution in [0.3, 0.4) is 0 Å². The summed E-state index contributed by atoms with van der Waals surface area (Å²) in [6.45, 7) is 4.58. The molecule has 0 saturated carbocycles. The molecule has 0 unspecified atom stereocenters. The maximum Gasteiger partial charge on any atom is 0.162 e. The number of hydrogen-bond donors (Lipinski definition) is 2. The highest BCUT2D eigenvalue weighted by molar-refractivity contribution is 6.31. The number of halogens is 1. The highest BCUT2D eigenvalue weighted by Gasteiger charge is 2.10. The molecule has 4 nitrogen and oxygen atoms in total. The third-order valence-electron chi connectivity index (χ3n) is 3.12. The third kappa shape index (κ3) is 6.55. The highest BCUT2D eigenvalue weighted by atomic mass is 35.5. The van der Waals surface area contributed by atoms with E-state index >= 15 is 0 Å². The van der Waals surface area contributed by atoms with Crippen LogP contribution in [0.25, 0.3) is 0 Å². The molecule has 21 heavy (non-hydrogen) atoms. The van der Waals surface area contributed by atoms with Gasteiger partial charge in [-0.15, -0.1) is 0 Å². The van der Waals surface area contributed by atoms with Crippen molar-refractivity contribution in [1.82, 2.24) is 5.32 Å². The number of ether oxygens (including phenoxy) is 2. The minimum absolute atomic E-state index is 0.266. The molecular weight excluding hydrogens is 290 g/mol. The Balaban J connectivity index is 2.54. The van der Waals surface area contributed by atoms with E-state index in [0.29, 0.717) is 29.7 Å². The van der Waals surface area contributed by atoms with Crippen molar-refractivity contribution in [3.8, 4) is 11.5 Å². The van der Waals surface area contributed by atoms with Crippen LogP contribution in [0.1, 0.15) is 38.2 Å². The van der Waals surface area contributed by atoms with Crippen LogP contribution in [0.4, 0.5) is 0 Å². The Bertz CT molecular complexity index is 413. The first kappa shape index (κ1) is 18.1. The van der Waals surface area contributed by atoms with Gasteiger partial charge in [0, 0.05) is 24.2 Å². The number of methoxy groups -OCH3 is 1. The zero-order chi connectivity index (χ0) is 15.5. The van der Waals surface area contributed by atoms with Gasteiger partial charge in [0.05, 0.1) is 13.7 Å². The topological polar surface area (TPSA) is 50.7 Å². The van der Waals surface area contributed by atoms with Gasteiger partial charge < -0.3 is 19.9 Å². The van der Waals surface area contributed by atoms with Crippen LogP contribution in [-0.4, -0.2) is 32.0 Å². The Labute approximate surface area is 132 Å². The van der Waals surface area contributed by atoms with E-state index in [9.17, 15) is 0 Å². The third-order valence-corrected chi connectivity index (χ3v) is 3.47. The zero-order valence-electron chi connectivity index (χ0n) is 13.0. The van der Waals surface area contributed by atoms with Crippen molar-refractivity contribution in [2.45, 2.75) is 39.2 Å². The van der Waals surface area contributed by atoms with Gasteiger partial charge in [-0.1, -0.05) is 18.5 Å². The van der Waals surface area contributed by atoms with Crippen molar-refractivity contribution in [2.24, 2.45) is 0 Å². The van der Waals surface area contributed by atoms with E-state index in [4.69, 9.17) is 26.2 Å². The first-order valence-electron chi connectivity index (χ1n) is 7.53. The Morgan fingerprint density at radius 3 is 2.67 bits per heavy atom. The standard InChI is InChI=1S/C16H26ClNO3/c1-3-9-21-16-11-14(17)13(10-15(16)20-2)12-18-7-5-4-6-8-19/h10-11,18-19H,3-9,12H2,1-2H3. The Hall–Kier alpha value is -0.970. The normalized spacial score (nSPS) is 10.7. The Kier molecular flexibility index (Phi) is 9.22. The molecule has 1 rings (SSSR count). The molecule has 0 aromatic heterocycles. The molecule has 0 aliphatic rings. The van der Waals surface area contributed by atoms with Crippen molar-refractivity contribution in [1.29, 1.82) is 0 Å². The van der Waals surface area contributed by atoms with Gasteiger partial charge in [-0.3, -0.25) is 0 Å². The summed E-state index contributed by atoms with van der Waals surface area (Å²) < 4.78 is 11.0. The summed E-state index contributed by atoms with van der Waals surface area (Å²) in [5.74, 6) is 1.40. The molecule has 0 bridgehead atoms. The fourth-order valence-corrected chi connectivity index (χ4v) is 2.18. The lowest BCUT2D eigenvalue weighted by atomic mass is 10.2. The van der Waals surface area contributed by atoms with Gasteiger partial charge in [-0.25, -0.2) is 0 Å². The SMILES string of the molecule is CCCOc1cc(Cl)c(CNCCCCCO)cc1OC. The van der Waals surface area contributed by atoms with Crippen LogP contribution in [-0.2, 0) is 6.54 Å². The lowest BCUT2D eigenvalue weighted by molar-refractivity contribution is 0.283. The van der Waals surface area contributed by atoms with Gasteiger partial charge in [0.2, 0.25) is 0 Å². The van der Waals surface area contributed by atoms with Crippen molar-refractivity contribution in [3.63, 3.8) is 0 Å². The molecule has 0 radical (unpaired) electrons. The minimum Gasteiger partial charge on any atom is -0.493 e. The number of unbranched alkanes of at least 4 members (excludes halogenated alkanes) is 2. The highest BCUT2D eigenvalue weighted by Crippen LogP contribution is 2.33. The number of nitrogens with one attached hydrogen (secondary N) is 1. The molecule has 0 heterocycles. The van der Waals surface area contributed by atoms with Gasteiger partial charge in [-0.05, 0) is 43.9 Å². The van der Waals surface area contributed by atoms with Gasteiger partial charge >= 0.3 is 0 Å². The quantitative estimate of drug-likeness (QED) is 0.615. The van der Waals surface area contributed by atoms with E-state index in [1.54, 1.807) is 7.11 Å². The van der Waals surface area contributed by atoms with E-state index in [1.165, 1.54) is 0 Å². The number of rotatable bonds is 11. The summed E-state index contributed by atoms with van der Waals surface area (Å²) in [6, 6.07) is 3.74. The second kappa shape index (κ2) is 10.7. The van der Waals surface area contributed by atoms with E-state index in [0.717, 1.165) is 37.8 Å². The van der Waals surface area contributed by atoms with E-state index < -0.39 is 0 Å². The molecule has 0 spiro atoms. The predicted molar refractivity (Wildman–Crippen MR) is 86.4 cm³/mol. The molecule has 0 aliphatic carbocycles. The second-order valence-electron chi connectivity index (χ2n) is 4.90. The number of aliphatic hydroxyl groups is 1. The summed E-state index contributed by atoms with van der Waals surface area (Å²) in [5, 5.41) is 12.8. The van der Waals surface area contributed by atoms with E-state index in [1.807, 2.05) is 12.1 Å². The smallest absolute Gasteiger partial charge is 0.162 e. The fourth-order valence-electron chi connectivity index (χ4n) is 1.96. The molecule has 0 saturated heterocycles. The first-order chi connectivity index (χ1) is 10.2. The average molecular weight is 316 g/mol. The van der Waals surface area contributed by atoms with Gasteiger partial charge in [0.25, 0.3) is 0 Å². The van der Waals surface area contributed by atoms with Crippen molar-refractivity contribution >= 4 is 11.6 Å². The Morgan fingerprint density at radius 1 is 1.19 bits per heavy atom. The summed E-state index contributed by atoms with van der Waals surface area (Å²) >= 11 is 6.29. The molecule has 0 aliphatic heterocycles. The van der Waals surface area contributed by atoms with Crippen LogP contribution in [0.5, 0.6) is 11.5 Å². The molecule has 0 amide bonds. The summed E-state index contributed by atoms with van der Waals surface area (Å²) in [4.78, 5) is 0. The largest absolute Gasteiger partial charge is 0.493 e. The maximum absolute atomic E-state index is 8.72. The summed E-state index contributed by atoms with van der Waals surface area (Å²) in [7, 11) is 1.63. The van der Waals surface area contributed by atoms with Crippen LogP contribution >= 0.6 is 11.6 Å². The second-order valence-corrected chi connectivity index (χ2v) is 5.31. The van der Waals surface area contributed by atoms with Crippen LogP contribution in [0.15, 0.2) is 12.1 Å². The summed E-state index contributed by atoms with van der Waals surface area (Å²) in [6.07, 6.45) is 3.88. The van der Waals surface area contributed by atoms with Gasteiger partial charge in [0.1, 0.15) is 0 Å². The van der Waals surface area contributed by atoms with Crippen molar-refractivity contribution in [3.05, 3.63) is 22.7 Å². The van der Waals surface area contributed by atoms with Crippen LogP contribution < -0.4 is 14.8 Å². The zero-order valence-corrected chi connectivity index (χ0v) is 13.7. The molecule has 120 valence electrons.